The van der Waals surface area contributed by atoms with Crippen molar-refractivity contribution < 1.29 is 14.3 Å². The van der Waals surface area contributed by atoms with Gasteiger partial charge in [0.25, 0.3) is 0 Å². The number of likely N-dealkylation sites (N-methyl/N-ethyl adjacent to an activating group) is 1. The first-order chi connectivity index (χ1) is 15.5. The van der Waals surface area contributed by atoms with Crippen LogP contribution in [0.15, 0.2) is 41.8 Å². The average molecular weight is 457 g/mol. The summed E-state index contributed by atoms with van der Waals surface area (Å²) in [6, 6.07) is 12.2. The topological polar surface area (TPSA) is 73.9 Å². The molecule has 2 fully saturated rings. The van der Waals surface area contributed by atoms with E-state index >= 15 is 0 Å². The zero-order valence-electron chi connectivity index (χ0n) is 18.8. The fourth-order valence-corrected chi connectivity index (χ4v) is 5.42. The zero-order valence-corrected chi connectivity index (χ0v) is 19.6. The molecule has 172 valence electrons. The number of carbonyl (C=O) groups is 2. The van der Waals surface area contributed by atoms with Gasteiger partial charge in [0.1, 0.15) is 11.8 Å². The van der Waals surface area contributed by atoms with Gasteiger partial charge in [0, 0.05) is 43.0 Å². The molecule has 1 aromatic heterocycles. The molecule has 2 N–H and O–H groups in total. The summed E-state index contributed by atoms with van der Waals surface area (Å²) < 4.78 is 5.25. The van der Waals surface area contributed by atoms with E-state index in [1.807, 2.05) is 29.6 Å². The minimum absolute atomic E-state index is 0.0616. The summed E-state index contributed by atoms with van der Waals surface area (Å²) in [7, 11) is 3.76. The minimum atomic E-state index is -0.167. The van der Waals surface area contributed by atoms with E-state index in [1.54, 1.807) is 18.4 Å². The Labute approximate surface area is 193 Å². The molecule has 3 atom stereocenters. The van der Waals surface area contributed by atoms with Crippen LogP contribution in [0.3, 0.4) is 0 Å². The highest BCUT2D eigenvalue weighted by Gasteiger charge is 2.44. The van der Waals surface area contributed by atoms with Gasteiger partial charge in [-0.2, -0.15) is 0 Å². The lowest BCUT2D eigenvalue weighted by atomic mass is 10.0. The van der Waals surface area contributed by atoms with E-state index in [2.05, 4.69) is 39.6 Å². The van der Waals surface area contributed by atoms with Crippen molar-refractivity contribution in [2.45, 2.75) is 50.5 Å². The molecule has 8 heteroatoms. The highest BCUT2D eigenvalue weighted by atomic mass is 32.1. The maximum absolute atomic E-state index is 13.0. The van der Waals surface area contributed by atoms with Crippen molar-refractivity contribution in [3.63, 3.8) is 0 Å². The fraction of sp³-hybridized carbons (Fsp3) is 0.500. The van der Waals surface area contributed by atoms with Crippen molar-refractivity contribution in [1.29, 1.82) is 0 Å². The molecule has 3 heterocycles. The van der Waals surface area contributed by atoms with Crippen molar-refractivity contribution in [3.8, 4) is 5.75 Å². The lowest BCUT2D eigenvalue weighted by Gasteiger charge is -2.33. The van der Waals surface area contributed by atoms with Gasteiger partial charge in [0.05, 0.1) is 13.7 Å². The number of rotatable bonds is 8. The number of benzene rings is 1. The minimum Gasteiger partial charge on any atom is -0.497 e. The van der Waals surface area contributed by atoms with Gasteiger partial charge in [0.15, 0.2) is 0 Å². The van der Waals surface area contributed by atoms with Gasteiger partial charge in [-0.25, -0.2) is 0 Å². The second kappa shape index (κ2) is 10.5. The molecule has 2 saturated heterocycles. The number of fused-ring (bicyclic) bond motifs is 1. The molecule has 1 aromatic carbocycles. The second-order valence-corrected chi connectivity index (χ2v) is 9.61. The summed E-state index contributed by atoms with van der Waals surface area (Å²) in [6.07, 6.45) is 2.14. The standard InChI is InChI=1S/C24H32N4O3S/c1-27-18(7-10-22(29)25-15-20-4-3-13-32-20)14-26-24(30)23-21(27)11-12-28(23)16-17-5-8-19(31-2)9-6-17/h3-6,8-9,13,18,21,23H,7,10-12,14-16H2,1-2H3,(H,25,29)(H,26,30)/t18-,21+,23-/m0/s1. The summed E-state index contributed by atoms with van der Waals surface area (Å²) >= 11 is 1.65. The van der Waals surface area contributed by atoms with Crippen molar-refractivity contribution in [2.75, 3.05) is 27.2 Å². The van der Waals surface area contributed by atoms with Crippen molar-refractivity contribution in [1.82, 2.24) is 20.4 Å². The molecule has 2 aromatic rings. The van der Waals surface area contributed by atoms with Crippen LogP contribution in [0.2, 0.25) is 0 Å². The molecule has 32 heavy (non-hydrogen) atoms. The van der Waals surface area contributed by atoms with E-state index in [0.717, 1.165) is 36.6 Å². The Hall–Kier alpha value is -2.42. The lowest BCUT2D eigenvalue weighted by molar-refractivity contribution is -0.126. The number of amides is 2. The molecule has 0 bridgehead atoms. The first-order valence-corrected chi connectivity index (χ1v) is 12.1. The summed E-state index contributed by atoms with van der Waals surface area (Å²) in [6.45, 7) is 2.78. The van der Waals surface area contributed by atoms with Gasteiger partial charge < -0.3 is 15.4 Å². The van der Waals surface area contributed by atoms with Crippen LogP contribution in [0.25, 0.3) is 0 Å². The lowest BCUT2D eigenvalue weighted by Crippen LogP contribution is -2.49. The molecule has 2 amide bonds. The van der Waals surface area contributed by atoms with Crippen LogP contribution >= 0.6 is 11.3 Å². The van der Waals surface area contributed by atoms with Gasteiger partial charge in [-0.3, -0.25) is 19.4 Å². The third kappa shape index (κ3) is 5.31. The Bertz CT molecular complexity index is 902. The van der Waals surface area contributed by atoms with Gasteiger partial charge in [-0.1, -0.05) is 18.2 Å². The molecule has 0 spiro atoms. The first kappa shape index (κ1) is 22.8. The van der Waals surface area contributed by atoms with Crippen LogP contribution in [0, 0.1) is 0 Å². The first-order valence-electron chi connectivity index (χ1n) is 11.2. The number of ether oxygens (including phenoxy) is 1. The number of nitrogens with zero attached hydrogens (tertiary/aromatic N) is 2. The van der Waals surface area contributed by atoms with Crippen LogP contribution in [0.4, 0.5) is 0 Å². The number of thiophene rings is 1. The predicted octanol–water partition coefficient (Wildman–Crippen LogP) is 2.23. The average Bonchev–Trinajstić information content (AvgIpc) is 3.45. The molecule has 0 saturated carbocycles. The molecule has 0 aliphatic carbocycles. The zero-order chi connectivity index (χ0) is 22.5. The van der Waals surface area contributed by atoms with Gasteiger partial charge >= 0.3 is 0 Å². The second-order valence-electron chi connectivity index (χ2n) is 8.58. The fourth-order valence-electron chi connectivity index (χ4n) is 4.78. The normalized spacial score (nSPS) is 23.9. The third-order valence-electron chi connectivity index (χ3n) is 6.64. The van der Waals surface area contributed by atoms with E-state index in [0.29, 0.717) is 19.5 Å². The van der Waals surface area contributed by atoms with Crippen LogP contribution < -0.4 is 15.4 Å². The molecular weight excluding hydrogens is 424 g/mol. The van der Waals surface area contributed by atoms with Crippen molar-refractivity contribution >= 4 is 23.2 Å². The van der Waals surface area contributed by atoms with Gasteiger partial charge in [0.2, 0.25) is 11.8 Å². The van der Waals surface area contributed by atoms with Gasteiger partial charge in [-0.05, 0) is 49.0 Å². The Kier molecular flexibility index (Phi) is 7.44. The van der Waals surface area contributed by atoms with Crippen LogP contribution in [0.5, 0.6) is 5.75 Å². The summed E-state index contributed by atoms with van der Waals surface area (Å²) in [5.74, 6) is 0.992. The summed E-state index contributed by atoms with van der Waals surface area (Å²) in [4.78, 5) is 31.1. The smallest absolute Gasteiger partial charge is 0.239 e. The number of hydrogen-bond acceptors (Lipinski definition) is 6. The van der Waals surface area contributed by atoms with Crippen LogP contribution in [-0.2, 0) is 22.7 Å². The summed E-state index contributed by atoms with van der Waals surface area (Å²) in [5.41, 5.74) is 1.17. The quantitative estimate of drug-likeness (QED) is 0.637. The maximum Gasteiger partial charge on any atom is 0.239 e. The van der Waals surface area contributed by atoms with E-state index in [1.165, 1.54) is 5.56 Å². The van der Waals surface area contributed by atoms with E-state index in [4.69, 9.17) is 4.74 Å². The molecular formula is C24H32N4O3S. The van der Waals surface area contributed by atoms with E-state index in [9.17, 15) is 9.59 Å². The Balaban J connectivity index is 1.33. The largest absolute Gasteiger partial charge is 0.497 e. The van der Waals surface area contributed by atoms with Crippen molar-refractivity contribution in [2.24, 2.45) is 0 Å². The Morgan fingerprint density at radius 3 is 2.81 bits per heavy atom. The molecule has 2 aliphatic heterocycles. The number of carbonyl (C=O) groups excluding carboxylic acids is 2. The van der Waals surface area contributed by atoms with Gasteiger partial charge in [-0.15, -0.1) is 11.3 Å². The SMILES string of the molecule is COc1ccc(CN2CC[C@@H]3[C@H]2C(=O)NC[C@H](CCC(=O)NCc2cccs2)N3C)cc1. The summed E-state index contributed by atoms with van der Waals surface area (Å²) in [5, 5.41) is 8.15. The number of likely N-dealkylation sites (tertiary alicyclic amines) is 1. The monoisotopic (exact) mass is 456 g/mol. The number of nitrogens with one attached hydrogen (secondary N) is 2. The third-order valence-corrected chi connectivity index (χ3v) is 7.52. The highest BCUT2D eigenvalue weighted by molar-refractivity contribution is 7.09. The predicted molar refractivity (Wildman–Crippen MR) is 126 cm³/mol. The molecule has 7 nitrogen and oxygen atoms in total. The van der Waals surface area contributed by atoms with E-state index in [-0.39, 0.29) is 29.9 Å². The molecule has 2 aliphatic rings. The number of hydrogen-bond donors (Lipinski definition) is 2. The maximum atomic E-state index is 13.0. The molecule has 4 rings (SSSR count). The molecule has 0 unspecified atom stereocenters. The van der Waals surface area contributed by atoms with E-state index < -0.39 is 0 Å². The highest BCUT2D eigenvalue weighted by Crippen LogP contribution is 2.29. The Morgan fingerprint density at radius 2 is 2.09 bits per heavy atom. The van der Waals surface area contributed by atoms with Crippen LogP contribution in [-0.4, -0.2) is 67.0 Å². The van der Waals surface area contributed by atoms with Crippen molar-refractivity contribution in [3.05, 3.63) is 52.2 Å². The van der Waals surface area contributed by atoms with Crippen LogP contribution in [0.1, 0.15) is 29.7 Å². The number of methoxy groups -OCH3 is 1. The Morgan fingerprint density at radius 1 is 1.28 bits per heavy atom. The molecule has 0 radical (unpaired) electrons.